The number of nitrogens with zero attached hydrogens (tertiary/aromatic N) is 1. The Labute approximate surface area is 167 Å². The van der Waals surface area contributed by atoms with Crippen molar-refractivity contribution in [1.29, 1.82) is 0 Å². The molecule has 0 aliphatic carbocycles. The monoisotopic (exact) mass is 382 g/mol. The van der Waals surface area contributed by atoms with Gasteiger partial charge in [0.2, 0.25) is 0 Å². The second kappa shape index (κ2) is 9.60. The van der Waals surface area contributed by atoms with Gasteiger partial charge in [-0.15, -0.1) is 0 Å². The summed E-state index contributed by atoms with van der Waals surface area (Å²) in [5.74, 6) is 0.651. The molecule has 0 saturated carbocycles. The molecule has 5 nitrogen and oxygen atoms in total. The van der Waals surface area contributed by atoms with Gasteiger partial charge in [0, 0.05) is 25.3 Å². The van der Waals surface area contributed by atoms with Gasteiger partial charge >= 0.3 is 0 Å². The summed E-state index contributed by atoms with van der Waals surface area (Å²) in [6, 6.07) is 14.3. The molecule has 0 radical (unpaired) electrons. The van der Waals surface area contributed by atoms with Crippen LogP contribution in [0.25, 0.3) is 0 Å². The Morgan fingerprint density at radius 1 is 1.11 bits per heavy atom. The van der Waals surface area contributed by atoms with Gasteiger partial charge in [0.1, 0.15) is 5.75 Å². The molecule has 0 aromatic heterocycles. The van der Waals surface area contributed by atoms with Crippen LogP contribution in [0.2, 0.25) is 0 Å². The number of aryl methyl sites for hydroxylation is 2. The van der Waals surface area contributed by atoms with Gasteiger partial charge in [-0.1, -0.05) is 25.1 Å². The first kappa shape index (κ1) is 20.2. The molecule has 1 heterocycles. The zero-order valence-corrected chi connectivity index (χ0v) is 17.0. The van der Waals surface area contributed by atoms with E-state index in [-0.39, 0.29) is 5.91 Å². The fourth-order valence-corrected chi connectivity index (χ4v) is 3.22. The van der Waals surface area contributed by atoms with Crippen molar-refractivity contribution in [1.82, 2.24) is 5.32 Å². The number of hydrogen-bond acceptors (Lipinski definition) is 4. The van der Waals surface area contributed by atoms with E-state index in [0.29, 0.717) is 13.0 Å². The quantitative estimate of drug-likeness (QED) is 0.795. The summed E-state index contributed by atoms with van der Waals surface area (Å²) < 4.78 is 11.3. The third-order valence-corrected chi connectivity index (χ3v) is 5.20. The molecule has 1 N–H and O–H groups in total. The highest BCUT2D eigenvalue weighted by molar-refractivity contribution is 5.81. The fourth-order valence-electron chi connectivity index (χ4n) is 3.22. The molecule has 2 aromatic carbocycles. The Morgan fingerprint density at radius 3 is 2.46 bits per heavy atom. The second-order valence-electron chi connectivity index (χ2n) is 7.24. The normalized spacial score (nSPS) is 15.2. The number of rotatable bonds is 7. The summed E-state index contributed by atoms with van der Waals surface area (Å²) in [7, 11) is 0. The predicted octanol–water partition coefficient (Wildman–Crippen LogP) is 3.61. The van der Waals surface area contributed by atoms with Crippen LogP contribution in [0.5, 0.6) is 5.75 Å². The van der Waals surface area contributed by atoms with E-state index in [0.717, 1.165) is 43.2 Å². The van der Waals surface area contributed by atoms with Crippen molar-refractivity contribution < 1.29 is 14.3 Å². The SMILES string of the molecule is CC[C@@H](Oc1ccc(C)c(C)c1)C(=O)NCc1ccc(N2CCOCC2)cc1. The highest BCUT2D eigenvalue weighted by Crippen LogP contribution is 2.19. The molecule has 28 heavy (non-hydrogen) atoms. The Bertz CT molecular complexity index is 783. The van der Waals surface area contributed by atoms with Crippen LogP contribution in [0.3, 0.4) is 0 Å². The molecule has 5 heteroatoms. The Hall–Kier alpha value is -2.53. The van der Waals surface area contributed by atoms with Gasteiger partial charge in [0.05, 0.1) is 13.2 Å². The number of carbonyl (C=O) groups excluding carboxylic acids is 1. The molecule has 0 spiro atoms. The molecule has 3 rings (SSSR count). The average molecular weight is 383 g/mol. The summed E-state index contributed by atoms with van der Waals surface area (Å²) in [5, 5.41) is 3.00. The standard InChI is InChI=1S/C23H30N2O3/c1-4-22(28-21-10-5-17(2)18(3)15-21)23(26)24-16-19-6-8-20(9-7-19)25-11-13-27-14-12-25/h5-10,15,22H,4,11-14,16H2,1-3H3,(H,24,26)/t22-/m1/s1. The number of amides is 1. The van der Waals surface area contributed by atoms with Gasteiger partial charge in [0.25, 0.3) is 5.91 Å². The molecule has 150 valence electrons. The van der Waals surface area contributed by atoms with E-state index in [4.69, 9.17) is 9.47 Å². The van der Waals surface area contributed by atoms with E-state index in [1.165, 1.54) is 11.3 Å². The Morgan fingerprint density at radius 2 is 1.82 bits per heavy atom. The van der Waals surface area contributed by atoms with Crippen molar-refractivity contribution in [3.05, 3.63) is 59.2 Å². The fraction of sp³-hybridized carbons (Fsp3) is 0.435. The molecular formula is C23H30N2O3. The van der Waals surface area contributed by atoms with E-state index in [1.54, 1.807) is 0 Å². The minimum absolute atomic E-state index is 0.0852. The van der Waals surface area contributed by atoms with E-state index in [1.807, 2.05) is 32.0 Å². The minimum Gasteiger partial charge on any atom is -0.481 e. The average Bonchev–Trinajstić information content (AvgIpc) is 2.73. The maximum Gasteiger partial charge on any atom is 0.261 e. The topological polar surface area (TPSA) is 50.8 Å². The lowest BCUT2D eigenvalue weighted by molar-refractivity contribution is -0.128. The van der Waals surface area contributed by atoms with Crippen molar-refractivity contribution in [2.24, 2.45) is 0 Å². The summed E-state index contributed by atoms with van der Waals surface area (Å²) >= 11 is 0. The Balaban J connectivity index is 1.53. The molecule has 2 aromatic rings. The smallest absolute Gasteiger partial charge is 0.261 e. The summed E-state index contributed by atoms with van der Waals surface area (Å²) in [5.41, 5.74) is 4.65. The number of carbonyl (C=O) groups is 1. The molecule has 1 atom stereocenters. The van der Waals surface area contributed by atoms with Gasteiger partial charge < -0.3 is 19.7 Å². The second-order valence-corrected chi connectivity index (χ2v) is 7.24. The molecule has 1 fully saturated rings. The highest BCUT2D eigenvalue weighted by Gasteiger charge is 2.18. The van der Waals surface area contributed by atoms with Crippen LogP contribution in [0, 0.1) is 13.8 Å². The number of ether oxygens (including phenoxy) is 2. The van der Waals surface area contributed by atoms with Crippen LogP contribution >= 0.6 is 0 Å². The number of nitrogens with one attached hydrogen (secondary N) is 1. The van der Waals surface area contributed by atoms with E-state index >= 15 is 0 Å². The molecule has 1 amide bonds. The maximum atomic E-state index is 12.6. The number of benzene rings is 2. The molecule has 1 saturated heterocycles. The Kier molecular flexibility index (Phi) is 6.93. The van der Waals surface area contributed by atoms with E-state index in [2.05, 4.69) is 41.4 Å². The van der Waals surface area contributed by atoms with Crippen molar-refractivity contribution in [3.63, 3.8) is 0 Å². The largest absolute Gasteiger partial charge is 0.481 e. The molecular weight excluding hydrogens is 352 g/mol. The van der Waals surface area contributed by atoms with Crippen LogP contribution < -0.4 is 15.0 Å². The lowest BCUT2D eigenvalue weighted by Crippen LogP contribution is -2.37. The predicted molar refractivity (Wildman–Crippen MR) is 112 cm³/mol. The van der Waals surface area contributed by atoms with Crippen LogP contribution in [-0.2, 0) is 16.1 Å². The van der Waals surface area contributed by atoms with Gasteiger partial charge in [-0.25, -0.2) is 0 Å². The van der Waals surface area contributed by atoms with Gasteiger partial charge in [-0.3, -0.25) is 4.79 Å². The first-order chi connectivity index (χ1) is 13.6. The highest BCUT2D eigenvalue weighted by atomic mass is 16.5. The van der Waals surface area contributed by atoms with Gasteiger partial charge in [0.15, 0.2) is 6.10 Å². The summed E-state index contributed by atoms with van der Waals surface area (Å²) in [4.78, 5) is 14.9. The first-order valence-corrected chi connectivity index (χ1v) is 10.00. The van der Waals surface area contributed by atoms with Crippen LogP contribution in [-0.4, -0.2) is 38.3 Å². The lowest BCUT2D eigenvalue weighted by Gasteiger charge is -2.29. The van der Waals surface area contributed by atoms with Crippen LogP contribution in [0.15, 0.2) is 42.5 Å². The number of morpholine rings is 1. The lowest BCUT2D eigenvalue weighted by atomic mass is 10.1. The maximum absolute atomic E-state index is 12.6. The van der Waals surface area contributed by atoms with E-state index in [9.17, 15) is 4.79 Å². The zero-order valence-electron chi connectivity index (χ0n) is 17.0. The first-order valence-electron chi connectivity index (χ1n) is 10.00. The minimum atomic E-state index is -0.491. The van der Waals surface area contributed by atoms with Crippen LogP contribution in [0.4, 0.5) is 5.69 Å². The molecule has 0 unspecified atom stereocenters. The van der Waals surface area contributed by atoms with E-state index < -0.39 is 6.10 Å². The van der Waals surface area contributed by atoms with Gasteiger partial charge in [-0.05, 0) is 61.2 Å². The van der Waals surface area contributed by atoms with Crippen molar-refractivity contribution in [2.45, 2.75) is 39.8 Å². The summed E-state index contributed by atoms with van der Waals surface area (Å²) in [6.45, 7) is 9.95. The molecule has 1 aliphatic rings. The van der Waals surface area contributed by atoms with Crippen molar-refractivity contribution >= 4 is 11.6 Å². The number of hydrogen-bond donors (Lipinski definition) is 1. The third-order valence-electron chi connectivity index (χ3n) is 5.20. The number of anilines is 1. The summed E-state index contributed by atoms with van der Waals surface area (Å²) in [6.07, 6.45) is 0.129. The van der Waals surface area contributed by atoms with Crippen molar-refractivity contribution in [2.75, 3.05) is 31.2 Å². The van der Waals surface area contributed by atoms with Crippen LogP contribution in [0.1, 0.15) is 30.0 Å². The van der Waals surface area contributed by atoms with Crippen molar-refractivity contribution in [3.8, 4) is 5.75 Å². The zero-order chi connectivity index (χ0) is 19.9. The van der Waals surface area contributed by atoms with Gasteiger partial charge in [-0.2, -0.15) is 0 Å². The third kappa shape index (κ3) is 5.26. The molecule has 1 aliphatic heterocycles. The molecule has 0 bridgehead atoms.